The van der Waals surface area contributed by atoms with E-state index >= 15 is 0 Å². The quantitative estimate of drug-likeness (QED) is 0.360. The van der Waals surface area contributed by atoms with Crippen molar-refractivity contribution in [3.8, 4) is 22.4 Å². The third-order valence-electron chi connectivity index (χ3n) is 7.04. The summed E-state index contributed by atoms with van der Waals surface area (Å²) in [5, 5.41) is 4.73. The van der Waals surface area contributed by atoms with Gasteiger partial charge in [-0.2, -0.15) is 0 Å². The number of imidazole rings is 1. The Hall–Kier alpha value is -3.44. The van der Waals surface area contributed by atoms with Gasteiger partial charge in [-0.15, -0.1) is 0 Å². The fourth-order valence-electron chi connectivity index (χ4n) is 5.37. The van der Waals surface area contributed by atoms with Gasteiger partial charge in [-0.25, -0.2) is 4.98 Å². The van der Waals surface area contributed by atoms with Crippen LogP contribution in [0.1, 0.15) is 35.8 Å². The maximum absolute atomic E-state index is 4.67. The van der Waals surface area contributed by atoms with Crippen LogP contribution >= 0.6 is 0 Å². The Morgan fingerprint density at radius 1 is 0.848 bits per heavy atom. The van der Waals surface area contributed by atoms with Crippen LogP contribution in [0.4, 0.5) is 0 Å². The summed E-state index contributed by atoms with van der Waals surface area (Å²) >= 11 is 0. The van der Waals surface area contributed by atoms with Gasteiger partial charge < -0.3 is 14.9 Å². The molecule has 0 unspecified atom stereocenters. The lowest BCUT2D eigenvalue weighted by atomic mass is 10.0. The molecule has 0 amide bonds. The van der Waals surface area contributed by atoms with Crippen LogP contribution in [0.2, 0.25) is 0 Å². The third kappa shape index (κ3) is 3.53. The molecule has 5 heteroatoms. The topological polar surface area (TPSA) is 58.5 Å². The lowest BCUT2D eigenvalue weighted by molar-refractivity contribution is 0.375. The minimum absolute atomic E-state index is 0.523. The van der Waals surface area contributed by atoms with Gasteiger partial charge in [-0.3, -0.25) is 4.98 Å². The second-order valence-corrected chi connectivity index (χ2v) is 9.36. The first-order chi connectivity index (χ1) is 16.1. The predicted octanol–water partition coefficient (Wildman–Crippen LogP) is 6.10. The predicted molar refractivity (Wildman–Crippen MR) is 136 cm³/mol. The maximum Gasteiger partial charge on any atom is 0.0960 e. The average molecular weight is 436 g/mol. The molecule has 0 bridgehead atoms. The van der Waals surface area contributed by atoms with Crippen LogP contribution in [0, 0.1) is 20.8 Å². The Bertz CT molecular complexity index is 1460. The van der Waals surface area contributed by atoms with Crippen LogP contribution in [-0.4, -0.2) is 32.6 Å². The number of nitrogens with one attached hydrogen (secondary N) is 2. The highest BCUT2D eigenvalue weighted by atomic mass is 15.1. The molecule has 2 aromatic carbocycles. The van der Waals surface area contributed by atoms with E-state index in [1.54, 1.807) is 0 Å². The minimum atomic E-state index is 0.523. The zero-order valence-electron chi connectivity index (χ0n) is 19.4. The van der Waals surface area contributed by atoms with Crippen LogP contribution in [-0.2, 0) is 0 Å². The van der Waals surface area contributed by atoms with Crippen molar-refractivity contribution in [1.29, 1.82) is 0 Å². The number of aromatic amines is 1. The molecule has 6 rings (SSSR count). The number of hydrogen-bond acceptors (Lipinski definition) is 3. The number of benzene rings is 2. The molecule has 0 aliphatic carbocycles. The van der Waals surface area contributed by atoms with Gasteiger partial charge in [0.25, 0.3) is 0 Å². The lowest BCUT2D eigenvalue weighted by Gasteiger charge is -2.24. The zero-order valence-corrected chi connectivity index (χ0v) is 19.4. The van der Waals surface area contributed by atoms with E-state index in [1.807, 2.05) is 6.33 Å². The summed E-state index contributed by atoms with van der Waals surface area (Å²) in [6, 6.07) is 18.2. The second-order valence-electron chi connectivity index (χ2n) is 9.36. The van der Waals surface area contributed by atoms with Crippen LogP contribution in [0.3, 0.4) is 0 Å². The molecule has 1 aliphatic rings. The second kappa shape index (κ2) is 7.85. The van der Waals surface area contributed by atoms with Gasteiger partial charge in [0.15, 0.2) is 0 Å². The number of nitrogens with zero attached hydrogens (tertiary/aromatic N) is 3. The molecule has 5 aromatic rings. The first-order valence-corrected chi connectivity index (χ1v) is 11.8. The van der Waals surface area contributed by atoms with E-state index in [9.17, 15) is 0 Å². The van der Waals surface area contributed by atoms with Gasteiger partial charge in [-0.05, 0) is 93.7 Å². The summed E-state index contributed by atoms with van der Waals surface area (Å²) in [6.07, 6.45) is 4.33. The number of fused-ring (bicyclic) bond motifs is 2. The number of rotatable bonds is 3. The zero-order chi connectivity index (χ0) is 22.5. The number of piperidine rings is 1. The summed E-state index contributed by atoms with van der Waals surface area (Å²) < 4.78 is 2.38. The number of pyridine rings is 1. The van der Waals surface area contributed by atoms with Crippen molar-refractivity contribution < 1.29 is 0 Å². The molecule has 0 radical (unpaired) electrons. The van der Waals surface area contributed by atoms with Crippen molar-refractivity contribution in [1.82, 2.24) is 24.8 Å². The average Bonchev–Trinajstić information content (AvgIpc) is 3.39. The molecule has 0 spiro atoms. The van der Waals surface area contributed by atoms with Crippen molar-refractivity contribution >= 4 is 21.9 Å². The summed E-state index contributed by atoms with van der Waals surface area (Å²) in [7, 11) is 0. The van der Waals surface area contributed by atoms with Crippen LogP contribution in [0.5, 0.6) is 0 Å². The number of aryl methyl sites for hydroxylation is 3. The van der Waals surface area contributed by atoms with Gasteiger partial charge in [-0.1, -0.05) is 18.2 Å². The summed E-state index contributed by atoms with van der Waals surface area (Å²) in [5.74, 6) is 0. The molecular formula is C28H29N5. The van der Waals surface area contributed by atoms with Crippen molar-refractivity contribution in [2.45, 2.75) is 39.7 Å². The standard InChI is InChI=1S/C28H29N5/c1-17-12-22(13-18(2)31-17)28-19(3)24-6-4-20(14-26(24)32-28)21-5-7-25-27(15-21)33(16-30-25)23-8-10-29-11-9-23/h4-7,12-16,23,29,32H,8-11H2,1-3H3. The molecule has 2 N–H and O–H groups in total. The summed E-state index contributed by atoms with van der Waals surface area (Å²) in [4.78, 5) is 12.9. The molecule has 166 valence electrons. The summed E-state index contributed by atoms with van der Waals surface area (Å²) in [5.41, 5.74) is 11.6. The molecule has 3 aromatic heterocycles. The maximum atomic E-state index is 4.67. The van der Waals surface area contributed by atoms with E-state index in [0.717, 1.165) is 42.8 Å². The normalized spacial score (nSPS) is 15.0. The van der Waals surface area contributed by atoms with Crippen molar-refractivity contribution in [2.75, 3.05) is 13.1 Å². The Morgan fingerprint density at radius 2 is 1.58 bits per heavy atom. The van der Waals surface area contributed by atoms with Crippen LogP contribution < -0.4 is 5.32 Å². The van der Waals surface area contributed by atoms with E-state index in [4.69, 9.17) is 0 Å². The van der Waals surface area contributed by atoms with Crippen LogP contribution in [0.15, 0.2) is 54.9 Å². The van der Waals surface area contributed by atoms with Gasteiger partial charge >= 0.3 is 0 Å². The molecule has 0 atom stereocenters. The molecule has 4 heterocycles. The Kier molecular flexibility index (Phi) is 4.80. The number of hydrogen-bond donors (Lipinski definition) is 2. The van der Waals surface area contributed by atoms with Crippen molar-refractivity contribution in [3.05, 3.63) is 71.8 Å². The highest BCUT2D eigenvalue weighted by Crippen LogP contribution is 2.34. The van der Waals surface area contributed by atoms with Gasteiger partial charge in [0.05, 0.1) is 17.4 Å². The third-order valence-corrected chi connectivity index (χ3v) is 7.04. The molecular weight excluding hydrogens is 406 g/mol. The number of H-pyrrole nitrogens is 1. The molecule has 0 saturated carbocycles. The van der Waals surface area contributed by atoms with Crippen LogP contribution in [0.25, 0.3) is 44.3 Å². The monoisotopic (exact) mass is 435 g/mol. The highest BCUT2D eigenvalue weighted by Gasteiger charge is 2.18. The largest absolute Gasteiger partial charge is 0.354 e. The Labute approximate surface area is 193 Å². The van der Waals surface area contributed by atoms with Gasteiger partial charge in [0, 0.05) is 39.6 Å². The molecule has 1 aliphatic heterocycles. The first-order valence-electron chi connectivity index (χ1n) is 11.8. The van der Waals surface area contributed by atoms with Gasteiger partial charge in [0.2, 0.25) is 0 Å². The SMILES string of the molecule is Cc1cc(-c2[nH]c3cc(-c4ccc5ncn(C6CCNCC6)c5c4)ccc3c2C)cc(C)n1. The van der Waals surface area contributed by atoms with Gasteiger partial charge in [0.1, 0.15) is 0 Å². The van der Waals surface area contributed by atoms with E-state index in [0.29, 0.717) is 6.04 Å². The smallest absolute Gasteiger partial charge is 0.0960 e. The van der Waals surface area contributed by atoms with E-state index in [2.05, 4.69) is 94.1 Å². The molecule has 33 heavy (non-hydrogen) atoms. The Balaban J connectivity index is 1.42. The molecule has 5 nitrogen and oxygen atoms in total. The highest BCUT2D eigenvalue weighted by molar-refractivity contribution is 5.94. The fraction of sp³-hybridized carbons (Fsp3) is 0.286. The van der Waals surface area contributed by atoms with Crippen molar-refractivity contribution in [3.63, 3.8) is 0 Å². The first kappa shape index (κ1) is 20.2. The minimum Gasteiger partial charge on any atom is -0.354 e. The Morgan fingerprint density at radius 3 is 2.36 bits per heavy atom. The summed E-state index contributed by atoms with van der Waals surface area (Å²) in [6.45, 7) is 8.45. The lowest BCUT2D eigenvalue weighted by Crippen LogP contribution is -2.29. The number of aromatic nitrogens is 4. The molecule has 1 fully saturated rings. The fourth-order valence-corrected chi connectivity index (χ4v) is 5.37. The van der Waals surface area contributed by atoms with E-state index < -0.39 is 0 Å². The molecule has 1 saturated heterocycles. The van der Waals surface area contributed by atoms with E-state index in [-0.39, 0.29) is 0 Å². The van der Waals surface area contributed by atoms with E-state index in [1.165, 1.54) is 44.4 Å². The van der Waals surface area contributed by atoms with Crippen molar-refractivity contribution in [2.24, 2.45) is 0 Å².